The SMILES string of the molecule is C=CC(CC)CN(Cc1nc2c(ccc3cc4c(cc32)OCc2cc(-c3cnc(C5CCCN5C(=O)C(NC(=O)OC)C(C)C)[nH]3)ccc2-4)[nH]1)C(=O)C(NC(=O)OC)C(C)C. The van der Waals surface area contributed by atoms with Crippen LogP contribution >= 0.6 is 0 Å². The first-order valence-corrected chi connectivity index (χ1v) is 21.0. The predicted molar refractivity (Wildman–Crippen MR) is 232 cm³/mol. The van der Waals surface area contributed by atoms with Gasteiger partial charge in [-0.25, -0.2) is 19.6 Å². The van der Waals surface area contributed by atoms with E-state index in [1.807, 2.05) is 45.9 Å². The molecule has 4 unspecified atom stereocenters. The lowest BCUT2D eigenvalue weighted by Crippen LogP contribution is -2.52. The molecule has 0 saturated carbocycles. The topological polar surface area (TPSA) is 184 Å². The maximum atomic E-state index is 14.0. The third-order valence-corrected chi connectivity index (χ3v) is 11.9. The molecule has 4 N–H and O–H groups in total. The lowest BCUT2D eigenvalue weighted by molar-refractivity contribution is -0.136. The van der Waals surface area contributed by atoms with Gasteiger partial charge in [-0.15, -0.1) is 6.58 Å². The van der Waals surface area contributed by atoms with Crippen LogP contribution in [0.1, 0.15) is 77.1 Å². The van der Waals surface area contributed by atoms with E-state index in [1.54, 1.807) is 16.0 Å². The number of nitrogens with one attached hydrogen (secondary N) is 4. The lowest BCUT2D eigenvalue weighted by Gasteiger charge is -2.30. The van der Waals surface area contributed by atoms with Crippen molar-refractivity contribution in [2.45, 2.75) is 85.2 Å². The Balaban J connectivity index is 1.13. The van der Waals surface area contributed by atoms with E-state index in [4.69, 9.17) is 24.2 Å². The molecule has 1 fully saturated rings. The van der Waals surface area contributed by atoms with Crippen molar-refractivity contribution in [1.82, 2.24) is 40.4 Å². The molecule has 3 aromatic carbocycles. The molecular formula is C46H56N8O7. The highest BCUT2D eigenvalue weighted by molar-refractivity contribution is 6.07. The van der Waals surface area contributed by atoms with Gasteiger partial charge in [-0.2, -0.15) is 0 Å². The largest absolute Gasteiger partial charge is 0.488 e. The summed E-state index contributed by atoms with van der Waals surface area (Å²) in [6, 6.07) is 12.8. The maximum Gasteiger partial charge on any atom is 0.407 e. The number of rotatable bonds is 14. The summed E-state index contributed by atoms with van der Waals surface area (Å²) >= 11 is 0. The van der Waals surface area contributed by atoms with Crippen LogP contribution in [-0.4, -0.2) is 93.1 Å². The van der Waals surface area contributed by atoms with Crippen LogP contribution in [0.25, 0.3) is 44.2 Å². The monoisotopic (exact) mass is 832 g/mol. The number of ether oxygens (including phenoxy) is 3. The Kier molecular flexibility index (Phi) is 12.7. The third-order valence-electron chi connectivity index (χ3n) is 11.9. The van der Waals surface area contributed by atoms with Crippen LogP contribution in [-0.2, 0) is 32.2 Å². The number of likely N-dealkylation sites (tertiary alicyclic amines) is 1. The molecule has 0 radical (unpaired) electrons. The Morgan fingerprint density at radius 1 is 0.984 bits per heavy atom. The van der Waals surface area contributed by atoms with E-state index in [1.165, 1.54) is 14.2 Å². The van der Waals surface area contributed by atoms with Crippen LogP contribution in [0.5, 0.6) is 5.75 Å². The number of hydrogen-bond donors (Lipinski definition) is 4. The van der Waals surface area contributed by atoms with Crippen molar-refractivity contribution >= 4 is 45.8 Å². The Bertz CT molecular complexity index is 2450. The zero-order valence-electron chi connectivity index (χ0n) is 36.0. The van der Waals surface area contributed by atoms with Gasteiger partial charge in [0.25, 0.3) is 0 Å². The van der Waals surface area contributed by atoms with E-state index in [2.05, 4.69) is 64.4 Å². The Hall–Kier alpha value is -6.38. The number of carbonyl (C=O) groups is 4. The zero-order chi connectivity index (χ0) is 43.5. The average Bonchev–Trinajstić information content (AvgIpc) is 4.05. The number of methoxy groups -OCH3 is 2. The van der Waals surface area contributed by atoms with Gasteiger partial charge in [0.15, 0.2) is 0 Å². The Labute approximate surface area is 355 Å². The van der Waals surface area contributed by atoms with Crippen LogP contribution in [0.4, 0.5) is 9.59 Å². The van der Waals surface area contributed by atoms with Gasteiger partial charge in [0.2, 0.25) is 11.8 Å². The van der Waals surface area contributed by atoms with Gasteiger partial charge in [-0.3, -0.25) is 9.59 Å². The fourth-order valence-corrected chi connectivity index (χ4v) is 8.39. The van der Waals surface area contributed by atoms with Crippen molar-refractivity contribution in [2.75, 3.05) is 27.3 Å². The fraction of sp³-hybridized carbons (Fsp3) is 0.435. The lowest BCUT2D eigenvalue weighted by atomic mass is 9.92. The molecule has 1 saturated heterocycles. The predicted octanol–water partition coefficient (Wildman–Crippen LogP) is 7.63. The molecule has 4 heterocycles. The van der Waals surface area contributed by atoms with Crippen LogP contribution in [0, 0.1) is 17.8 Å². The van der Waals surface area contributed by atoms with Crippen LogP contribution in [0.15, 0.2) is 61.3 Å². The molecule has 322 valence electrons. The van der Waals surface area contributed by atoms with Crippen molar-refractivity contribution in [2.24, 2.45) is 17.8 Å². The minimum absolute atomic E-state index is 0.0571. The second-order valence-corrected chi connectivity index (χ2v) is 16.6. The van der Waals surface area contributed by atoms with Gasteiger partial charge in [0.1, 0.15) is 36.1 Å². The van der Waals surface area contributed by atoms with Gasteiger partial charge in [-0.1, -0.05) is 58.9 Å². The van der Waals surface area contributed by atoms with E-state index in [-0.39, 0.29) is 42.2 Å². The van der Waals surface area contributed by atoms with Crippen molar-refractivity contribution in [3.8, 4) is 28.1 Å². The number of aromatic amines is 2. The summed E-state index contributed by atoms with van der Waals surface area (Å²) in [4.78, 5) is 72.1. The van der Waals surface area contributed by atoms with E-state index in [0.717, 1.165) is 74.8 Å². The quantitative estimate of drug-likeness (QED) is 0.0818. The number of hydrogen-bond acceptors (Lipinski definition) is 9. The van der Waals surface area contributed by atoms with Crippen molar-refractivity contribution < 1.29 is 33.4 Å². The third kappa shape index (κ3) is 8.77. The summed E-state index contributed by atoms with van der Waals surface area (Å²) < 4.78 is 16.0. The first-order chi connectivity index (χ1) is 29.3. The molecule has 15 heteroatoms. The molecule has 0 aliphatic carbocycles. The first-order valence-electron chi connectivity index (χ1n) is 21.0. The summed E-state index contributed by atoms with van der Waals surface area (Å²) in [6.07, 6.45) is 4.76. The molecule has 0 spiro atoms. The van der Waals surface area contributed by atoms with E-state index in [9.17, 15) is 19.2 Å². The van der Waals surface area contributed by atoms with Crippen molar-refractivity contribution in [3.05, 3.63) is 78.5 Å². The number of nitrogens with zero attached hydrogens (tertiary/aromatic N) is 4. The van der Waals surface area contributed by atoms with Gasteiger partial charge in [0, 0.05) is 24.0 Å². The number of H-pyrrole nitrogens is 2. The molecule has 15 nitrogen and oxygen atoms in total. The first kappa shape index (κ1) is 42.7. The summed E-state index contributed by atoms with van der Waals surface area (Å²) in [5.74, 6) is 1.47. The zero-order valence-corrected chi connectivity index (χ0v) is 36.0. The van der Waals surface area contributed by atoms with Gasteiger partial charge in [-0.05, 0) is 83.4 Å². The average molecular weight is 833 g/mol. The number of amides is 4. The second kappa shape index (κ2) is 18.1. The van der Waals surface area contributed by atoms with Crippen molar-refractivity contribution in [1.29, 1.82) is 0 Å². The van der Waals surface area contributed by atoms with Crippen LogP contribution in [0.3, 0.4) is 0 Å². The van der Waals surface area contributed by atoms with E-state index >= 15 is 0 Å². The highest BCUT2D eigenvalue weighted by Crippen LogP contribution is 2.43. The van der Waals surface area contributed by atoms with E-state index < -0.39 is 24.3 Å². The molecule has 0 bridgehead atoms. The molecule has 4 atom stereocenters. The van der Waals surface area contributed by atoms with Gasteiger partial charge >= 0.3 is 12.2 Å². The molecule has 4 amide bonds. The molecule has 5 aromatic rings. The maximum absolute atomic E-state index is 14.0. The number of imidazole rings is 2. The van der Waals surface area contributed by atoms with Gasteiger partial charge < -0.3 is 44.6 Å². The standard InChI is InChI=1S/C46H56N8O7/c1-9-27(10-2)22-53(43(55)39(25(3)4)51-45(57)59-7)23-38-48-34-16-14-28-19-33-31-15-13-29(18-30(31)24-61-37(33)20-32(28)41(34)50-38)35-21-47-42(49-35)36-12-11-17-54(36)44(56)40(26(5)6)52-46(58)60-8/h9,13-16,18-21,25-27,36,39-40H,1,10-12,17,22-24H2,2-8H3,(H,47,49)(H,48,50)(H,51,57)(H,52,58). The normalized spacial score (nSPS) is 16.1. The number of carbonyl (C=O) groups excluding carboxylic acids is 4. The minimum Gasteiger partial charge on any atom is -0.488 e. The number of fused-ring (bicyclic) bond motifs is 6. The summed E-state index contributed by atoms with van der Waals surface area (Å²) in [7, 11) is 2.57. The molecule has 2 aromatic heterocycles. The number of benzene rings is 3. The summed E-state index contributed by atoms with van der Waals surface area (Å²) in [6.45, 7) is 15.2. The van der Waals surface area contributed by atoms with E-state index in [0.29, 0.717) is 31.3 Å². The molecule has 61 heavy (non-hydrogen) atoms. The second-order valence-electron chi connectivity index (χ2n) is 16.6. The van der Waals surface area contributed by atoms with Crippen LogP contribution in [0.2, 0.25) is 0 Å². The molecule has 2 aliphatic rings. The summed E-state index contributed by atoms with van der Waals surface area (Å²) in [5.41, 5.74) is 6.47. The Morgan fingerprint density at radius 3 is 2.41 bits per heavy atom. The summed E-state index contributed by atoms with van der Waals surface area (Å²) in [5, 5.41) is 7.34. The fourth-order valence-electron chi connectivity index (χ4n) is 8.39. The number of alkyl carbamates (subject to hydrolysis) is 2. The van der Waals surface area contributed by atoms with Crippen molar-refractivity contribution in [3.63, 3.8) is 0 Å². The molecule has 2 aliphatic heterocycles. The smallest absolute Gasteiger partial charge is 0.407 e. The highest BCUT2D eigenvalue weighted by Gasteiger charge is 2.38. The minimum atomic E-state index is -0.776. The molecular weight excluding hydrogens is 777 g/mol. The van der Waals surface area contributed by atoms with Gasteiger partial charge in [0.05, 0.1) is 49.7 Å². The Morgan fingerprint density at radius 2 is 1.72 bits per heavy atom. The number of aromatic nitrogens is 4. The molecule has 7 rings (SSSR count). The van der Waals surface area contributed by atoms with Crippen LogP contribution < -0.4 is 15.4 Å². The highest BCUT2D eigenvalue weighted by atomic mass is 16.5.